The number of aromatic nitrogens is 1. The van der Waals surface area contributed by atoms with Crippen molar-refractivity contribution in [1.29, 1.82) is 0 Å². The van der Waals surface area contributed by atoms with E-state index in [1.165, 1.54) is 16.7 Å². The highest BCUT2D eigenvalue weighted by molar-refractivity contribution is 6.18. The highest BCUT2D eigenvalue weighted by atomic mass is 35.5. The van der Waals surface area contributed by atoms with E-state index in [0.717, 1.165) is 16.3 Å². The number of halogens is 1. The smallest absolute Gasteiger partial charge is 0.221 e. The van der Waals surface area contributed by atoms with E-state index < -0.39 is 0 Å². The molecule has 1 N–H and O–H groups in total. The van der Waals surface area contributed by atoms with Crippen molar-refractivity contribution >= 4 is 28.3 Å². The second-order valence-corrected chi connectivity index (χ2v) is 6.15. The van der Waals surface area contributed by atoms with Gasteiger partial charge in [-0.25, -0.2) is 0 Å². The maximum atomic E-state index is 11.7. The number of nitrogens with zero attached hydrogens (tertiary/aromatic N) is 1. The normalized spacial score (nSPS) is 10.8. The Hall–Kier alpha value is -2.39. The summed E-state index contributed by atoms with van der Waals surface area (Å²) in [6.07, 6.45) is 3.99. The van der Waals surface area contributed by atoms with Gasteiger partial charge in [-0.15, -0.1) is 11.6 Å². The zero-order chi connectivity index (χ0) is 16.9. The number of hydrogen-bond acceptors (Lipinski definition) is 2. The Bertz CT molecular complexity index is 859. The van der Waals surface area contributed by atoms with E-state index in [-0.39, 0.29) is 5.91 Å². The lowest BCUT2D eigenvalue weighted by atomic mass is 9.96. The molecular formula is C20H19ClN2O. The van der Waals surface area contributed by atoms with Crippen LogP contribution in [0.2, 0.25) is 0 Å². The summed E-state index contributed by atoms with van der Waals surface area (Å²) in [4.78, 5) is 15.9. The lowest BCUT2D eigenvalue weighted by molar-refractivity contribution is -0.120. The number of carbonyl (C=O) groups excluding carboxylic acids is 1. The van der Waals surface area contributed by atoms with E-state index in [9.17, 15) is 4.79 Å². The van der Waals surface area contributed by atoms with Crippen molar-refractivity contribution in [3.05, 3.63) is 66.0 Å². The van der Waals surface area contributed by atoms with Gasteiger partial charge in [0, 0.05) is 36.6 Å². The average molecular weight is 339 g/mol. The Morgan fingerprint density at radius 1 is 1.08 bits per heavy atom. The molecule has 0 bridgehead atoms. The highest BCUT2D eigenvalue weighted by Crippen LogP contribution is 2.30. The number of rotatable bonds is 5. The van der Waals surface area contributed by atoms with Crippen LogP contribution < -0.4 is 5.32 Å². The zero-order valence-corrected chi connectivity index (χ0v) is 14.3. The summed E-state index contributed by atoms with van der Waals surface area (Å²) in [6.45, 7) is 2.56. The van der Waals surface area contributed by atoms with Crippen molar-refractivity contribution in [3.63, 3.8) is 0 Å². The summed E-state index contributed by atoms with van der Waals surface area (Å²) >= 11 is 5.60. The SMILES string of the molecule is Cc1ccc(-c2ccc(CNC(=O)CCCl)c3cnccc23)cc1. The van der Waals surface area contributed by atoms with Gasteiger partial charge in [-0.1, -0.05) is 42.0 Å². The summed E-state index contributed by atoms with van der Waals surface area (Å²) in [7, 11) is 0. The molecular weight excluding hydrogens is 320 g/mol. The Kier molecular flexibility index (Phi) is 5.11. The summed E-state index contributed by atoms with van der Waals surface area (Å²) < 4.78 is 0. The monoisotopic (exact) mass is 338 g/mol. The minimum absolute atomic E-state index is 0.0374. The molecule has 24 heavy (non-hydrogen) atoms. The molecule has 0 fully saturated rings. The lowest BCUT2D eigenvalue weighted by Gasteiger charge is -2.12. The summed E-state index contributed by atoms with van der Waals surface area (Å²) in [5, 5.41) is 5.10. The molecule has 3 nitrogen and oxygen atoms in total. The van der Waals surface area contributed by atoms with Crippen molar-refractivity contribution in [2.24, 2.45) is 0 Å². The first kappa shape index (κ1) is 16.5. The molecule has 0 unspecified atom stereocenters. The third kappa shape index (κ3) is 3.57. The average Bonchev–Trinajstić information content (AvgIpc) is 2.61. The number of pyridine rings is 1. The predicted octanol–water partition coefficient (Wildman–Crippen LogP) is 4.46. The van der Waals surface area contributed by atoms with E-state index in [0.29, 0.717) is 18.8 Å². The predicted molar refractivity (Wildman–Crippen MR) is 99.1 cm³/mol. The lowest BCUT2D eigenvalue weighted by Crippen LogP contribution is -2.22. The van der Waals surface area contributed by atoms with Crippen molar-refractivity contribution < 1.29 is 4.79 Å². The first-order chi connectivity index (χ1) is 11.7. The van der Waals surface area contributed by atoms with Gasteiger partial charge in [-0.05, 0) is 35.1 Å². The van der Waals surface area contributed by atoms with E-state index in [2.05, 4.69) is 53.6 Å². The standard InChI is InChI=1S/C20H19ClN2O/c1-14-2-4-15(5-3-14)17-7-6-16(12-23-20(24)8-10-21)19-13-22-11-9-18(17)19/h2-7,9,11,13H,8,10,12H2,1H3,(H,23,24). The molecule has 1 aromatic heterocycles. The minimum atomic E-state index is -0.0374. The largest absolute Gasteiger partial charge is 0.352 e. The Labute approximate surface area is 146 Å². The third-order valence-corrected chi connectivity index (χ3v) is 4.26. The number of aryl methyl sites for hydroxylation is 1. The number of benzene rings is 2. The van der Waals surface area contributed by atoms with E-state index in [4.69, 9.17) is 11.6 Å². The number of nitrogens with one attached hydrogen (secondary N) is 1. The number of hydrogen-bond donors (Lipinski definition) is 1. The Balaban J connectivity index is 1.98. The quantitative estimate of drug-likeness (QED) is 0.698. The van der Waals surface area contributed by atoms with Gasteiger partial charge in [0.1, 0.15) is 0 Å². The number of carbonyl (C=O) groups is 1. The number of alkyl halides is 1. The molecule has 2 aromatic carbocycles. The van der Waals surface area contributed by atoms with Crippen LogP contribution in [0, 0.1) is 6.92 Å². The molecule has 1 amide bonds. The van der Waals surface area contributed by atoms with Gasteiger partial charge in [0.2, 0.25) is 5.91 Å². The highest BCUT2D eigenvalue weighted by Gasteiger charge is 2.09. The fourth-order valence-electron chi connectivity index (χ4n) is 2.76. The number of amides is 1. The van der Waals surface area contributed by atoms with Crippen molar-refractivity contribution in [3.8, 4) is 11.1 Å². The second-order valence-electron chi connectivity index (χ2n) is 5.78. The number of fused-ring (bicyclic) bond motifs is 1. The summed E-state index contributed by atoms with van der Waals surface area (Å²) in [5.74, 6) is 0.296. The van der Waals surface area contributed by atoms with Gasteiger partial charge >= 0.3 is 0 Å². The molecule has 1 heterocycles. The summed E-state index contributed by atoms with van der Waals surface area (Å²) in [6, 6.07) is 14.7. The van der Waals surface area contributed by atoms with Crippen LogP contribution in [0.5, 0.6) is 0 Å². The molecule has 3 aromatic rings. The fourth-order valence-corrected chi connectivity index (χ4v) is 2.93. The van der Waals surface area contributed by atoms with Gasteiger partial charge in [0.05, 0.1) is 0 Å². The van der Waals surface area contributed by atoms with Crippen molar-refractivity contribution in [1.82, 2.24) is 10.3 Å². The topological polar surface area (TPSA) is 42.0 Å². The van der Waals surface area contributed by atoms with Gasteiger partial charge in [0.25, 0.3) is 0 Å². The van der Waals surface area contributed by atoms with Crippen LogP contribution in [0.15, 0.2) is 54.9 Å². The van der Waals surface area contributed by atoms with Crippen LogP contribution in [0.25, 0.3) is 21.9 Å². The molecule has 0 radical (unpaired) electrons. The Morgan fingerprint density at radius 3 is 2.62 bits per heavy atom. The molecule has 0 spiro atoms. The van der Waals surface area contributed by atoms with Crippen LogP contribution in [0.4, 0.5) is 0 Å². The molecule has 0 aliphatic heterocycles. The maximum Gasteiger partial charge on any atom is 0.221 e. The van der Waals surface area contributed by atoms with Crippen LogP contribution in [-0.4, -0.2) is 16.8 Å². The van der Waals surface area contributed by atoms with E-state index in [1.54, 1.807) is 6.20 Å². The first-order valence-electron chi connectivity index (χ1n) is 7.94. The van der Waals surface area contributed by atoms with Gasteiger partial charge in [0.15, 0.2) is 0 Å². The molecule has 0 aliphatic rings. The van der Waals surface area contributed by atoms with Crippen LogP contribution >= 0.6 is 11.6 Å². The maximum absolute atomic E-state index is 11.7. The van der Waals surface area contributed by atoms with E-state index >= 15 is 0 Å². The van der Waals surface area contributed by atoms with Gasteiger partial charge in [-0.2, -0.15) is 0 Å². The van der Waals surface area contributed by atoms with Crippen LogP contribution in [0.1, 0.15) is 17.5 Å². The fraction of sp³-hybridized carbons (Fsp3) is 0.200. The van der Waals surface area contributed by atoms with Crippen molar-refractivity contribution in [2.75, 3.05) is 5.88 Å². The summed E-state index contributed by atoms with van der Waals surface area (Å²) in [5.41, 5.74) is 4.64. The molecule has 3 rings (SSSR count). The molecule has 0 saturated heterocycles. The zero-order valence-electron chi connectivity index (χ0n) is 13.6. The van der Waals surface area contributed by atoms with Crippen molar-refractivity contribution in [2.45, 2.75) is 19.9 Å². The van der Waals surface area contributed by atoms with Gasteiger partial charge < -0.3 is 5.32 Å². The molecule has 0 aliphatic carbocycles. The van der Waals surface area contributed by atoms with Gasteiger partial charge in [-0.3, -0.25) is 9.78 Å². The second kappa shape index (κ2) is 7.45. The molecule has 0 atom stereocenters. The van der Waals surface area contributed by atoms with Crippen LogP contribution in [-0.2, 0) is 11.3 Å². The third-order valence-electron chi connectivity index (χ3n) is 4.07. The molecule has 4 heteroatoms. The first-order valence-corrected chi connectivity index (χ1v) is 8.48. The molecule has 122 valence electrons. The van der Waals surface area contributed by atoms with Crippen LogP contribution in [0.3, 0.4) is 0 Å². The Morgan fingerprint density at radius 2 is 1.88 bits per heavy atom. The molecule has 0 saturated carbocycles. The van der Waals surface area contributed by atoms with E-state index in [1.807, 2.05) is 12.3 Å². The minimum Gasteiger partial charge on any atom is -0.352 e.